The van der Waals surface area contributed by atoms with E-state index in [1.165, 1.54) is 7.11 Å². The van der Waals surface area contributed by atoms with E-state index in [0.717, 1.165) is 21.5 Å². The molecular weight excluding hydrogens is 280 g/mol. The summed E-state index contributed by atoms with van der Waals surface area (Å²) in [6, 6.07) is 13.4. The second-order valence-corrected chi connectivity index (χ2v) is 4.89. The van der Waals surface area contributed by atoms with Crippen LogP contribution in [0.2, 0.25) is 0 Å². The van der Waals surface area contributed by atoms with Gasteiger partial charge < -0.3 is 14.2 Å². The standard InChI is InChI=1S/C18H16O4/c1-20-16-9-13-12-7-5-4-6-11(12)8-15(18(19)22-3)14(13)10-17(16)21-2/h4-10H,1-3H3. The number of hydrogen-bond donors (Lipinski definition) is 0. The van der Waals surface area contributed by atoms with Gasteiger partial charge in [0, 0.05) is 5.39 Å². The minimum absolute atomic E-state index is 0.372. The Labute approximate surface area is 128 Å². The number of hydrogen-bond acceptors (Lipinski definition) is 4. The molecule has 0 unspecified atom stereocenters. The molecular formula is C18H16O4. The van der Waals surface area contributed by atoms with Gasteiger partial charge in [-0.2, -0.15) is 0 Å². The molecule has 3 aromatic carbocycles. The van der Waals surface area contributed by atoms with E-state index < -0.39 is 0 Å². The van der Waals surface area contributed by atoms with Crippen molar-refractivity contribution in [2.45, 2.75) is 0 Å². The number of esters is 1. The Morgan fingerprint density at radius 2 is 1.45 bits per heavy atom. The zero-order valence-electron chi connectivity index (χ0n) is 12.7. The molecule has 0 saturated carbocycles. The van der Waals surface area contributed by atoms with Gasteiger partial charge in [-0.05, 0) is 34.4 Å². The van der Waals surface area contributed by atoms with E-state index in [0.29, 0.717) is 17.1 Å². The molecule has 3 rings (SSSR count). The molecule has 0 N–H and O–H groups in total. The summed E-state index contributed by atoms with van der Waals surface area (Å²) in [5.74, 6) is 0.834. The summed E-state index contributed by atoms with van der Waals surface area (Å²) in [7, 11) is 4.54. The van der Waals surface area contributed by atoms with Crippen LogP contribution in [0.25, 0.3) is 21.5 Å². The predicted molar refractivity (Wildman–Crippen MR) is 85.9 cm³/mol. The van der Waals surface area contributed by atoms with Crippen LogP contribution in [0.5, 0.6) is 11.5 Å². The van der Waals surface area contributed by atoms with Crippen molar-refractivity contribution in [2.24, 2.45) is 0 Å². The smallest absolute Gasteiger partial charge is 0.338 e. The minimum atomic E-state index is -0.372. The number of rotatable bonds is 3. The molecule has 4 heteroatoms. The molecule has 4 nitrogen and oxygen atoms in total. The first kappa shape index (κ1) is 14.2. The van der Waals surface area contributed by atoms with Crippen LogP contribution < -0.4 is 9.47 Å². The van der Waals surface area contributed by atoms with Gasteiger partial charge in [-0.15, -0.1) is 0 Å². The maximum Gasteiger partial charge on any atom is 0.338 e. The topological polar surface area (TPSA) is 44.8 Å². The molecule has 0 aliphatic heterocycles. The summed E-state index contributed by atoms with van der Waals surface area (Å²) in [6.07, 6.45) is 0. The Kier molecular flexibility index (Phi) is 3.59. The molecule has 0 aromatic heterocycles. The first-order valence-corrected chi connectivity index (χ1v) is 6.85. The van der Waals surface area contributed by atoms with Crippen LogP contribution in [0.3, 0.4) is 0 Å². The molecule has 0 heterocycles. The third kappa shape index (κ3) is 2.13. The van der Waals surface area contributed by atoms with E-state index in [-0.39, 0.29) is 5.97 Å². The van der Waals surface area contributed by atoms with Crippen LogP contribution in [0.15, 0.2) is 42.5 Å². The predicted octanol–water partition coefficient (Wildman–Crippen LogP) is 3.80. The second-order valence-electron chi connectivity index (χ2n) is 4.89. The molecule has 0 bridgehead atoms. The Bertz CT molecular complexity index is 868. The van der Waals surface area contributed by atoms with Crippen molar-refractivity contribution < 1.29 is 19.0 Å². The molecule has 22 heavy (non-hydrogen) atoms. The van der Waals surface area contributed by atoms with Crippen molar-refractivity contribution in [1.82, 2.24) is 0 Å². The lowest BCUT2D eigenvalue weighted by Gasteiger charge is -2.13. The molecule has 112 valence electrons. The Hall–Kier alpha value is -2.75. The highest BCUT2D eigenvalue weighted by molar-refractivity contribution is 6.16. The van der Waals surface area contributed by atoms with Crippen LogP contribution in [0.4, 0.5) is 0 Å². The average molecular weight is 296 g/mol. The zero-order chi connectivity index (χ0) is 15.7. The Morgan fingerprint density at radius 3 is 2.09 bits per heavy atom. The van der Waals surface area contributed by atoms with Gasteiger partial charge in [0.15, 0.2) is 11.5 Å². The SMILES string of the molecule is COC(=O)c1cc2ccccc2c2cc(OC)c(OC)cc12. The van der Waals surface area contributed by atoms with Gasteiger partial charge in [0.05, 0.1) is 26.9 Å². The number of carbonyl (C=O) groups excluding carboxylic acids is 1. The minimum Gasteiger partial charge on any atom is -0.493 e. The number of benzene rings is 3. The normalized spacial score (nSPS) is 10.7. The lowest BCUT2D eigenvalue weighted by molar-refractivity contribution is 0.0603. The summed E-state index contributed by atoms with van der Waals surface area (Å²) in [6.45, 7) is 0. The van der Waals surface area contributed by atoms with Crippen LogP contribution in [-0.2, 0) is 4.74 Å². The largest absolute Gasteiger partial charge is 0.493 e. The van der Waals surface area contributed by atoms with Crippen LogP contribution in [0, 0.1) is 0 Å². The third-order valence-corrected chi connectivity index (χ3v) is 3.77. The van der Waals surface area contributed by atoms with Gasteiger partial charge in [0.25, 0.3) is 0 Å². The highest BCUT2D eigenvalue weighted by Gasteiger charge is 2.16. The van der Waals surface area contributed by atoms with Crippen molar-refractivity contribution in [3.8, 4) is 11.5 Å². The van der Waals surface area contributed by atoms with Crippen LogP contribution in [0.1, 0.15) is 10.4 Å². The molecule has 0 amide bonds. The number of ether oxygens (including phenoxy) is 3. The molecule has 0 aliphatic rings. The molecule has 0 atom stereocenters. The van der Waals surface area contributed by atoms with E-state index in [9.17, 15) is 4.79 Å². The highest BCUT2D eigenvalue weighted by atomic mass is 16.5. The maximum atomic E-state index is 12.1. The van der Waals surface area contributed by atoms with Crippen LogP contribution in [-0.4, -0.2) is 27.3 Å². The van der Waals surface area contributed by atoms with Crippen molar-refractivity contribution in [1.29, 1.82) is 0 Å². The van der Waals surface area contributed by atoms with Crippen molar-refractivity contribution >= 4 is 27.5 Å². The zero-order valence-corrected chi connectivity index (χ0v) is 12.7. The van der Waals surface area contributed by atoms with Crippen LogP contribution >= 0.6 is 0 Å². The van der Waals surface area contributed by atoms with Gasteiger partial charge >= 0.3 is 5.97 Å². The molecule has 3 aromatic rings. The summed E-state index contributed by atoms with van der Waals surface area (Å²) in [5.41, 5.74) is 0.511. The highest BCUT2D eigenvalue weighted by Crippen LogP contribution is 2.37. The van der Waals surface area contributed by atoms with Gasteiger partial charge in [0.2, 0.25) is 0 Å². The number of fused-ring (bicyclic) bond motifs is 3. The summed E-state index contributed by atoms with van der Waals surface area (Å²) in [4.78, 5) is 12.1. The first-order chi connectivity index (χ1) is 10.7. The summed E-state index contributed by atoms with van der Waals surface area (Å²) >= 11 is 0. The third-order valence-electron chi connectivity index (χ3n) is 3.77. The fourth-order valence-corrected chi connectivity index (χ4v) is 2.70. The Balaban J connectivity index is 2.49. The van der Waals surface area contributed by atoms with E-state index in [1.807, 2.05) is 42.5 Å². The molecule has 0 spiro atoms. The first-order valence-electron chi connectivity index (χ1n) is 6.85. The van der Waals surface area contributed by atoms with E-state index in [1.54, 1.807) is 14.2 Å². The molecule has 0 fully saturated rings. The fourth-order valence-electron chi connectivity index (χ4n) is 2.70. The molecule has 0 aliphatic carbocycles. The van der Waals surface area contributed by atoms with E-state index in [2.05, 4.69) is 0 Å². The van der Waals surface area contributed by atoms with Crippen molar-refractivity contribution in [3.63, 3.8) is 0 Å². The number of carbonyl (C=O) groups is 1. The van der Waals surface area contributed by atoms with E-state index in [4.69, 9.17) is 14.2 Å². The Morgan fingerprint density at radius 1 is 0.818 bits per heavy atom. The second kappa shape index (κ2) is 5.56. The molecule has 0 radical (unpaired) electrons. The van der Waals surface area contributed by atoms with Gasteiger partial charge in [-0.1, -0.05) is 24.3 Å². The maximum absolute atomic E-state index is 12.1. The quantitative estimate of drug-likeness (QED) is 0.545. The van der Waals surface area contributed by atoms with Gasteiger partial charge in [0.1, 0.15) is 0 Å². The lowest BCUT2D eigenvalue weighted by Crippen LogP contribution is -2.03. The molecule has 0 saturated heterocycles. The number of methoxy groups -OCH3 is 3. The lowest BCUT2D eigenvalue weighted by atomic mass is 9.96. The van der Waals surface area contributed by atoms with Crippen molar-refractivity contribution in [3.05, 3.63) is 48.0 Å². The summed E-state index contributed by atoms with van der Waals surface area (Å²) in [5, 5.41) is 3.73. The van der Waals surface area contributed by atoms with E-state index >= 15 is 0 Å². The van der Waals surface area contributed by atoms with Gasteiger partial charge in [-0.3, -0.25) is 0 Å². The van der Waals surface area contributed by atoms with Gasteiger partial charge in [-0.25, -0.2) is 4.79 Å². The fraction of sp³-hybridized carbons (Fsp3) is 0.167. The summed E-state index contributed by atoms with van der Waals surface area (Å²) < 4.78 is 15.6. The monoisotopic (exact) mass is 296 g/mol. The average Bonchev–Trinajstić information content (AvgIpc) is 2.58. The van der Waals surface area contributed by atoms with Crippen molar-refractivity contribution in [2.75, 3.05) is 21.3 Å².